The van der Waals surface area contributed by atoms with E-state index in [1.165, 1.54) is 4.90 Å². The highest BCUT2D eigenvalue weighted by Crippen LogP contribution is 2.33. The molecule has 11 nitrogen and oxygen atoms in total. The van der Waals surface area contributed by atoms with Gasteiger partial charge in [-0.05, 0) is 38.3 Å². The van der Waals surface area contributed by atoms with E-state index < -0.39 is 18.0 Å². The Bertz CT molecular complexity index is 997. The van der Waals surface area contributed by atoms with Gasteiger partial charge >= 0.3 is 6.09 Å². The van der Waals surface area contributed by atoms with Crippen LogP contribution in [-0.4, -0.2) is 67.0 Å². The van der Waals surface area contributed by atoms with Gasteiger partial charge in [-0.1, -0.05) is 31.7 Å². The fraction of sp³-hybridized carbons (Fsp3) is 0.577. The van der Waals surface area contributed by atoms with Crippen LogP contribution >= 0.6 is 0 Å². The lowest BCUT2D eigenvalue weighted by Gasteiger charge is -2.29. The van der Waals surface area contributed by atoms with Crippen molar-refractivity contribution in [2.75, 3.05) is 26.3 Å². The summed E-state index contributed by atoms with van der Waals surface area (Å²) >= 11 is 0. The maximum Gasteiger partial charge on any atom is 0.412 e. The minimum Gasteiger partial charge on any atom is -0.410 e. The predicted octanol–water partition coefficient (Wildman–Crippen LogP) is 2.03. The summed E-state index contributed by atoms with van der Waals surface area (Å²) in [5, 5.41) is 7.84. The molecule has 202 valence electrons. The van der Waals surface area contributed by atoms with Gasteiger partial charge in [-0.25, -0.2) is 4.79 Å². The Labute approximate surface area is 216 Å². The van der Waals surface area contributed by atoms with Crippen molar-refractivity contribution in [1.29, 1.82) is 0 Å². The highest BCUT2D eigenvalue weighted by atomic mass is 16.6. The first-order valence-electron chi connectivity index (χ1n) is 13.0. The van der Waals surface area contributed by atoms with E-state index in [0.717, 1.165) is 38.5 Å². The van der Waals surface area contributed by atoms with Crippen molar-refractivity contribution in [1.82, 2.24) is 20.9 Å². The molecule has 5 amide bonds. The average molecular weight is 517 g/mol. The van der Waals surface area contributed by atoms with Gasteiger partial charge < -0.3 is 25.0 Å². The van der Waals surface area contributed by atoms with Gasteiger partial charge in [-0.3, -0.25) is 24.5 Å². The van der Waals surface area contributed by atoms with Crippen LogP contribution < -0.4 is 20.7 Å². The molecule has 3 rings (SSSR count). The Morgan fingerprint density at radius 2 is 1.73 bits per heavy atom. The number of nitrogens with one attached hydrogen (secondary N) is 3. The van der Waals surface area contributed by atoms with Crippen molar-refractivity contribution in [3.63, 3.8) is 0 Å². The van der Waals surface area contributed by atoms with Crippen LogP contribution in [0, 0.1) is 0 Å². The molecule has 37 heavy (non-hydrogen) atoms. The molecule has 1 unspecified atom stereocenters. The van der Waals surface area contributed by atoms with E-state index in [2.05, 4.69) is 16.0 Å². The lowest BCUT2D eigenvalue weighted by atomic mass is 10.0. The van der Waals surface area contributed by atoms with E-state index in [9.17, 15) is 24.0 Å². The molecule has 2 heterocycles. The molecular formula is C26H36N4O7. The summed E-state index contributed by atoms with van der Waals surface area (Å²) in [7, 11) is 0. The van der Waals surface area contributed by atoms with Crippen molar-refractivity contribution in [2.45, 2.75) is 70.9 Å². The quantitative estimate of drug-likeness (QED) is 0.254. The van der Waals surface area contributed by atoms with E-state index in [4.69, 9.17) is 9.47 Å². The first-order chi connectivity index (χ1) is 17.9. The van der Waals surface area contributed by atoms with Crippen molar-refractivity contribution >= 4 is 29.7 Å². The van der Waals surface area contributed by atoms with Crippen LogP contribution in [0.2, 0.25) is 0 Å². The third kappa shape index (κ3) is 8.28. The normalized spacial score (nSPS) is 16.8. The van der Waals surface area contributed by atoms with Crippen molar-refractivity contribution < 1.29 is 33.4 Å². The van der Waals surface area contributed by atoms with Crippen LogP contribution in [0.1, 0.15) is 74.2 Å². The molecule has 0 radical (unpaired) electrons. The van der Waals surface area contributed by atoms with Gasteiger partial charge in [0, 0.05) is 37.2 Å². The molecule has 2 aliphatic rings. The highest BCUT2D eigenvalue weighted by Gasteiger charge is 2.40. The Morgan fingerprint density at radius 1 is 1.03 bits per heavy atom. The number of carbonyl (C=O) groups is 5. The summed E-state index contributed by atoms with van der Waals surface area (Å²) in [4.78, 5) is 61.7. The number of fused-ring (bicyclic) bond motifs is 1. The number of rotatable bonds is 14. The molecule has 0 aromatic heterocycles. The van der Waals surface area contributed by atoms with Crippen LogP contribution in [0.15, 0.2) is 18.2 Å². The second-order valence-corrected chi connectivity index (χ2v) is 9.11. The fourth-order valence-corrected chi connectivity index (χ4v) is 4.41. The van der Waals surface area contributed by atoms with Crippen LogP contribution in [0.3, 0.4) is 0 Å². The Hall–Kier alpha value is -3.47. The third-order valence-corrected chi connectivity index (χ3v) is 6.37. The van der Waals surface area contributed by atoms with E-state index in [-0.39, 0.29) is 49.5 Å². The smallest absolute Gasteiger partial charge is 0.410 e. The maximum atomic E-state index is 12.9. The first-order valence-corrected chi connectivity index (χ1v) is 13.0. The molecular weight excluding hydrogens is 480 g/mol. The molecule has 1 fully saturated rings. The SMILES string of the molecule is CCOCC(=O)NCCCCCCCCNC(=O)Oc1cccc2c1CN(C1CCC(=O)NC1=O)C2=O. The Kier molecular flexibility index (Phi) is 10.9. The first kappa shape index (κ1) is 28.1. The number of imide groups is 1. The Morgan fingerprint density at radius 3 is 2.43 bits per heavy atom. The van der Waals surface area contributed by atoms with Gasteiger partial charge in [-0.2, -0.15) is 0 Å². The second kappa shape index (κ2) is 14.3. The van der Waals surface area contributed by atoms with Crippen molar-refractivity contribution in [3.05, 3.63) is 29.3 Å². The van der Waals surface area contributed by atoms with E-state index in [1.54, 1.807) is 18.2 Å². The Balaban J connectivity index is 1.32. The molecule has 1 atom stereocenters. The summed E-state index contributed by atoms with van der Waals surface area (Å²) in [6.07, 6.45) is 5.67. The van der Waals surface area contributed by atoms with E-state index in [1.807, 2.05) is 6.92 Å². The number of carbonyl (C=O) groups excluding carboxylic acids is 5. The summed E-state index contributed by atoms with van der Waals surface area (Å²) in [6, 6.07) is 4.18. The van der Waals surface area contributed by atoms with Crippen molar-refractivity contribution in [3.8, 4) is 5.75 Å². The minimum atomic E-state index is -0.724. The van der Waals surface area contributed by atoms with E-state index in [0.29, 0.717) is 30.8 Å². The maximum absolute atomic E-state index is 12.9. The molecule has 0 bridgehead atoms. The number of amides is 5. The van der Waals surface area contributed by atoms with E-state index >= 15 is 0 Å². The molecule has 0 aliphatic carbocycles. The summed E-state index contributed by atoms with van der Waals surface area (Å²) in [5.41, 5.74) is 0.949. The lowest BCUT2D eigenvalue weighted by Crippen LogP contribution is -2.52. The van der Waals surface area contributed by atoms with Crippen LogP contribution in [-0.2, 0) is 25.7 Å². The van der Waals surface area contributed by atoms with Gasteiger partial charge in [0.2, 0.25) is 17.7 Å². The molecule has 2 aliphatic heterocycles. The second-order valence-electron chi connectivity index (χ2n) is 9.11. The van der Waals surface area contributed by atoms with Gasteiger partial charge in [0.25, 0.3) is 5.91 Å². The number of unbranched alkanes of at least 4 members (excludes halogenated alkanes) is 5. The van der Waals surface area contributed by atoms with Crippen LogP contribution in [0.5, 0.6) is 5.75 Å². The number of nitrogens with zero attached hydrogens (tertiary/aromatic N) is 1. The third-order valence-electron chi connectivity index (χ3n) is 6.37. The lowest BCUT2D eigenvalue weighted by molar-refractivity contribution is -0.137. The molecule has 0 saturated carbocycles. The largest absolute Gasteiger partial charge is 0.412 e. The summed E-state index contributed by atoms with van der Waals surface area (Å²) in [5.74, 6) is -0.944. The molecule has 1 aromatic carbocycles. The zero-order valence-corrected chi connectivity index (χ0v) is 21.3. The molecule has 1 saturated heterocycles. The van der Waals surface area contributed by atoms with Gasteiger partial charge in [0.1, 0.15) is 18.4 Å². The summed E-state index contributed by atoms with van der Waals surface area (Å²) < 4.78 is 10.5. The number of piperidine rings is 1. The fourth-order valence-electron chi connectivity index (χ4n) is 4.41. The predicted molar refractivity (Wildman–Crippen MR) is 134 cm³/mol. The highest BCUT2D eigenvalue weighted by molar-refractivity contribution is 6.05. The number of hydrogen-bond donors (Lipinski definition) is 3. The van der Waals surface area contributed by atoms with Crippen LogP contribution in [0.25, 0.3) is 0 Å². The molecule has 0 spiro atoms. The zero-order chi connectivity index (χ0) is 26.6. The molecule has 3 N–H and O–H groups in total. The zero-order valence-electron chi connectivity index (χ0n) is 21.3. The molecule has 11 heteroatoms. The van der Waals surface area contributed by atoms with Gasteiger partial charge in [-0.15, -0.1) is 0 Å². The minimum absolute atomic E-state index is 0.0847. The topological polar surface area (TPSA) is 143 Å². The summed E-state index contributed by atoms with van der Waals surface area (Å²) in [6.45, 7) is 3.75. The monoisotopic (exact) mass is 516 g/mol. The standard InChI is InChI=1S/C26H36N4O7/c1-2-36-17-23(32)27-14-7-5-3-4-6-8-15-28-26(35)37-21-11-9-10-18-19(21)16-30(25(18)34)20-12-13-22(31)29-24(20)33/h9-11,20H,2-8,12-17H2,1H3,(H,27,32)(H,28,35)(H,29,31,33). The number of hydrogen-bond acceptors (Lipinski definition) is 7. The van der Waals surface area contributed by atoms with Gasteiger partial charge in [0.15, 0.2) is 0 Å². The number of ether oxygens (including phenoxy) is 2. The average Bonchev–Trinajstić information content (AvgIpc) is 3.21. The van der Waals surface area contributed by atoms with Crippen LogP contribution in [0.4, 0.5) is 4.79 Å². The molecule has 1 aromatic rings. The van der Waals surface area contributed by atoms with Crippen molar-refractivity contribution in [2.24, 2.45) is 0 Å². The number of benzene rings is 1. The van der Waals surface area contributed by atoms with Gasteiger partial charge in [0.05, 0.1) is 6.54 Å².